The van der Waals surface area contributed by atoms with Gasteiger partial charge in [0.05, 0.1) is 6.54 Å². The first-order valence-corrected chi connectivity index (χ1v) is 7.68. The number of hydrogen-bond donors (Lipinski definition) is 1. The number of para-hydroxylation sites is 1. The molecule has 0 bridgehead atoms. The van der Waals surface area contributed by atoms with Crippen molar-refractivity contribution in [1.29, 1.82) is 0 Å². The number of benzene rings is 2. The first-order valence-electron chi connectivity index (χ1n) is 7.68. The summed E-state index contributed by atoms with van der Waals surface area (Å²) >= 11 is 0. The van der Waals surface area contributed by atoms with Gasteiger partial charge in [0.2, 0.25) is 5.78 Å². The minimum absolute atomic E-state index is 0.287. The van der Waals surface area contributed by atoms with E-state index in [4.69, 9.17) is 0 Å². The van der Waals surface area contributed by atoms with Crippen molar-refractivity contribution in [2.45, 2.75) is 6.54 Å². The van der Waals surface area contributed by atoms with Gasteiger partial charge in [-0.25, -0.2) is 4.98 Å². The summed E-state index contributed by atoms with van der Waals surface area (Å²) in [6.07, 6.45) is 0. The number of imidazole rings is 1. The normalized spacial score (nSPS) is 12.7. The van der Waals surface area contributed by atoms with Crippen LogP contribution in [0.3, 0.4) is 0 Å². The fourth-order valence-corrected chi connectivity index (χ4v) is 2.98. The third-order valence-electron chi connectivity index (χ3n) is 4.20. The fourth-order valence-electron chi connectivity index (χ4n) is 2.98. The molecule has 0 atom stereocenters. The van der Waals surface area contributed by atoms with Crippen molar-refractivity contribution in [1.82, 2.24) is 9.97 Å². The third kappa shape index (κ3) is 2.22. The molecule has 5 heteroatoms. The predicted molar refractivity (Wildman–Crippen MR) is 91.2 cm³/mol. The Balaban J connectivity index is 1.72. The van der Waals surface area contributed by atoms with E-state index in [1.807, 2.05) is 54.4 Å². The summed E-state index contributed by atoms with van der Waals surface area (Å²) < 4.78 is 0. The Morgan fingerprint density at radius 2 is 1.58 bits per heavy atom. The van der Waals surface area contributed by atoms with Gasteiger partial charge in [-0.15, -0.1) is 0 Å². The summed E-state index contributed by atoms with van der Waals surface area (Å²) in [6.45, 7) is 0.515. The molecule has 0 spiro atoms. The summed E-state index contributed by atoms with van der Waals surface area (Å²) in [7, 11) is 1.96. The molecule has 0 saturated heterocycles. The average Bonchev–Trinajstić information content (AvgIpc) is 3.04. The van der Waals surface area contributed by atoms with Crippen molar-refractivity contribution >= 4 is 17.3 Å². The molecule has 1 N–H and O–H groups in total. The van der Waals surface area contributed by atoms with Gasteiger partial charge in [-0.05, 0) is 12.1 Å². The number of hydrogen-bond acceptors (Lipinski definition) is 4. The van der Waals surface area contributed by atoms with Crippen molar-refractivity contribution in [2.75, 3.05) is 11.9 Å². The van der Waals surface area contributed by atoms with Crippen molar-refractivity contribution in [3.63, 3.8) is 0 Å². The van der Waals surface area contributed by atoms with Gasteiger partial charge >= 0.3 is 0 Å². The average molecular weight is 317 g/mol. The largest absolute Gasteiger partial charge is 0.367 e. The van der Waals surface area contributed by atoms with Crippen LogP contribution in [0.5, 0.6) is 0 Å². The van der Waals surface area contributed by atoms with Crippen LogP contribution in [0.4, 0.5) is 5.69 Å². The monoisotopic (exact) mass is 317 g/mol. The zero-order valence-electron chi connectivity index (χ0n) is 13.1. The van der Waals surface area contributed by atoms with Crippen molar-refractivity contribution in [2.24, 2.45) is 0 Å². The second-order valence-corrected chi connectivity index (χ2v) is 5.80. The van der Waals surface area contributed by atoms with Gasteiger partial charge in [0.1, 0.15) is 17.2 Å². The van der Waals surface area contributed by atoms with E-state index in [0.29, 0.717) is 29.2 Å². The van der Waals surface area contributed by atoms with Crippen LogP contribution in [0.15, 0.2) is 54.6 Å². The molecule has 0 radical (unpaired) electrons. The van der Waals surface area contributed by atoms with Crippen LogP contribution < -0.4 is 4.90 Å². The first kappa shape index (κ1) is 14.4. The molecule has 0 aliphatic heterocycles. The molecule has 1 aliphatic carbocycles. The van der Waals surface area contributed by atoms with Gasteiger partial charge in [-0.2, -0.15) is 0 Å². The fraction of sp³-hybridized carbons (Fsp3) is 0.105. The van der Waals surface area contributed by atoms with E-state index in [1.165, 1.54) is 0 Å². The quantitative estimate of drug-likeness (QED) is 0.754. The Morgan fingerprint density at radius 3 is 2.33 bits per heavy atom. The number of carbonyl (C=O) groups is 2. The van der Waals surface area contributed by atoms with Crippen molar-refractivity contribution in [3.8, 4) is 11.3 Å². The number of aromatic nitrogens is 2. The smallest absolute Gasteiger partial charge is 0.251 e. The van der Waals surface area contributed by atoms with E-state index in [9.17, 15) is 9.59 Å². The molecule has 118 valence electrons. The molecular formula is C19H15N3O2. The lowest BCUT2D eigenvalue weighted by atomic mass is 9.90. The molecule has 1 aliphatic rings. The SMILES string of the molecule is CN(Cc1nc2c([nH]1)C(=O)C(=O)c1ccccc1-2)c1ccccc1. The van der Waals surface area contributed by atoms with E-state index in [-0.39, 0.29) is 5.69 Å². The second-order valence-electron chi connectivity index (χ2n) is 5.80. The van der Waals surface area contributed by atoms with Gasteiger partial charge in [-0.3, -0.25) is 9.59 Å². The summed E-state index contributed by atoms with van der Waals surface area (Å²) in [5, 5.41) is 0. The molecule has 0 fully saturated rings. The van der Waals surface area contributed by atoms with Crippen LogP contribution in [0.1, 0.15) is 26.7 Å². The highest BCUT2D eigenvalue weighted by atomic mass is 16.2. The molecule has 1 aromatic heterocycles. The lowest BCUT2D eigenvalue weighted by Crippen LogP contribution is -2.21. The van der Waals surface area contributed by atoms with E-state index < -0.39 is 11.6 Å². The number of anilines is 1. The number of carbonyl (C=O) groups excluding carboxylic acids is 2. The highest BCUT2D eigenvalue weighted by Gasteiger charge is 2.33. The van der Waals surface area contributed by atoms with Crippen molar-refractivity contribution in [3.05, 3.63) is 71.7 Å². The van der Waals surface area contributed by atoms with Gasteiger partial charge in [0, 0.05) is 23.9 Å². The van der Waals surface area contributed by atoms with Crippen LogP contribution in [0, 0.1) is 0 Å². The summed E-state index contributed by atoms with van der Waals surface area (Å²) in [5.41, 5.74) is 3.03. The number of fused-ring (bicyclic) bond motifs is 3. The molecule has 1 heterocycles. The maximum Gasteiger partial charge on any atom is 0.251 e. The minimum atomic E-state index is -0.523. The van der Waals surface area contributed by atoms with Gasteiger partial charge < -0.3 is 9.88 Å². The molecule has 0 amide bonds. The second kappa shape index (κ2) is 5.45. The number of rotatable bonds is 3. The van der Waals surface area contributed by atoms with E-state index in [2.05, 4.69) is 9.97 Å². The number of nitrogens with zero attached hydrogens (tertiary/aromatic N) is 2. The highest BCUT2D eigenvalue weighted by molar-refractivity contribution is 6.52. The predicted octanol–water partition coefficient (Wildman–Crippen LogP) is 3.09. The molecule has 3 aromatic rings. The number of Topliss-reactive ketones (excluding diaryl/α,β-unsaturated/α-hetero) is 2. The molecule has 2 aromatic carbocycles. The lowest BCUT2D eigenvalue weighted by Gasteiger charge is -2.17. The maximum atomic E-state index is 12.3. The Labute approximate surface area is 139 Å². The number of ketones is 2. The molecule has 5 nitrogen and oxygen atoms in total. The number of nitrogens with one attached hydrogen (secondary N) is 1. The van der Waals surface area contributed by atoms with Crippen LogP contribution in [-0.4, -0.2) is 28.6 Å². The zero-order chi connectivity index (χ0) is 16.7. The molecule has 4 rings (SSSR count). The van der Waals surface area contributed by atoms with E-state index >= 15 is 0 Å². The Hall–Kier alpha value is -3.21. The van der Waals surface area contributed by atoms with E-state index in [0.717, 1.165) is 5.69 Å². The van der Waals surface area contributed by atoms with Crippen LogP contribution in [0.25, 0.3) is 11.3 Å². The van der Waals surface area contributed by atoms with Crippen LogP contribution in [0.2, 0.25) is 0 Å². The Kier molecular flexibility index (Phi) is 3.27. The van der Waals surface area contributed by atoms with Gasteiger partial charge in [0.25, 0.3) is 5.78 Å². The molecule has 0 unspecified atom stereocenters. The lowest BCUT2D eigenvalue weighted by molar-refractivity contribution is 0.0812. The Bertz CT molecular complexity index is 944. The Morgan fingerprint density at radius 1 is 0.917 bits per heavy atom. The zero-order valence-corrected chi connectivity index (χ0v) is 13.1. The van der Waals surface area contributed by atoms with Gasteiger partial charge in [-0.1, -0.05) is 42.5 Å². The first-order chi connectivity index (χ1) is 11.6. The molecule has 24 heavy (non-hydrogen) atoms. The third-order valence-corrected chi connectivity index (χ3v) is 4.20. The number of H-pyrrole nitrogens is 1. The summed E-state index contributed by atoms with van der Waals surface area (Å²) in [5.74, 6) is -0.348. The summed E-state index contributed by atoms with van der Waals surface area (Å²) in [4.78, 5) is 34.2. The topological polar surface area (TPSA) is 66.1 Å². The van der Waals surface area contributed by atoms with Crippen LogP contribution >= 0.6 is 0 Å². The maximum absolute atomic E-state index is 12.3. The molecule has 0 saturated carbocycles. The highest BCUT2D eigenvalue weighted by Crippen LogP contribution is 2.31. The standard InChI is InChI=1S/C19H15N3O2/c1-22(12-7-3-2-4-8-12)11-15-20-16-13-9-5-6-10-14(13)18(23)19(24)17(16)21-15/h2-10H,11H2,1H3,(H,20,21). The van der Waals surface area contributed by atoms with Crippen LogP contribution in [-0.2, 0) is 6.54 Å². The molecular weight excluding hydrogens is 302 g/mol. The minimum Gasteiger partial charge on any atom is -0.367 e. The summed E-state index contributed by atoms with van der Waals surface area (Å²) in [6, 6.07) is 17.0. The number of aromatic amines is 1. The van der Waals surface area contributed by atoms with Gasteiger partial charge in [0.15, 0.2) is 0 Å². The van der Waals surface area contributed by atoms with E-state index in [1.54, 1.807) is 12.1 Å². The van der Waals surface area contributed by atoms with Crippen molar-refractivity contribution < 1.29 is 9.59 Å².